The summed E-state index contributed by atoms with van der Waals surface area (Å²) in [5.74, 6) is 0.134. The molecule has 30 heavy (non-hydrogen) atoms. The predicted molar refractivity (Wildman–Crippen MR) is 103 cm³/mol. The summed E-state index contributed by atoms with van der Waals surface area (Å²) < 4.78 is 66.9. The van der Waals surface area contributed by atoms with Crippen molar-refractivity contribution in [1.29, 1.82) is 10.0 Å². The van der Waals surface area contributed by atoms with Gasteiger partial charge in [0.25, 0.3) is 0 Å². The van der Waals surface area contributed by atoms with Gasteiger partial charge in [0.15, 0.2) is 5.60 Å². The van der Waals surface area contributed by atoms with Gasteiger partial charge in [-0.25, -0.2) is 19.0 Å². The van der Waals surface area contributed by atoms with Crippen LogP contribution in [0.3, 0.4) is 0 Å². The van der Waals surface area contributed by atoms with Crippen LogP contribution in [0.5, 0.6) is 5.75 Å². The number of nitriles is 1. The molecule has 0 saturated carbocycles. The quantitative estimate of drug-likeness (QED) is 0.632. The van der Waals surface area contributed by atoms with Crippen molar-refractivity contribution in [2.75, 3.05) is 5.75 Å². The molecule has 3 heterocycles. The molecule has 0 aliphatic rings. The second kappa shape index (κ2) is 7.28. The summed E-state index contributed by atoms with van der Waals surface area (Å²) in [6, 6.07) is 5.15. The number of halogens is 3. The number of imidazole rings is 1. The fraction of sp³-hybridized carbons (Fsp3) is 0.316. The number of fused-ring (bicyclic) bond motifs is 1. The lowest BCUT2D eigenvalue weighted by atomic mass is 10.2. The van der Waals surface area contributed by atoms with E-state index in [1.165, 1.54) is 29.1 Å². The largest absolute Gasteiger partial charge is 0.471 e. The standard InChI is InChI=1S/C19H18F3N5O2S/c1-4-30(24,28)15-8-13(29-18(2,3)11-23)9-25-17(15)14-10-27-6-5-12(19(20,21)22)7-16(27)26-14/h5-10,24H,4H2,1-3H3/t30-/m1/s1. The zero-order chi connectivity index (χ0) is 22.3. The van der Waals surface area contributed by atoms with Crippen LogP contribution >= 0.6 is 0 Å². The lowest BCUT2D eigenvalue weighted by Crippen LogP contribution is -2.25. The third-order valence-electron chi connectivity index (χ3n) is 4.26. The van der Waals surface area contributed by atoms with Crippen molar-refractivity contribution >= 4 is 15.4 Å². The van der Waals surface area contributed by atoms with Gasteiger partial charge < -0.3 is 9.14 Å². The molecule has 0 amide bonds. The minimum absolute atomic E-state index is 0.0155. The SMILES string of the molecule is CC[S@@](=N)(=O)c1cc(OC(C)(C)C#N)cnc1-c1cn2ccc(C(F)(F)F)cc2n1. The summed E-state index contributed by atoms with van der Waals surface area (Å²) in [7, 11) is -3.29. The second-order valence-electron chi connectivity index (χ2n) is 7.01. The summed E-state index contributed by atoms with van der Waals surface area (Å²) in [5, 5.41) is 9.14. The maximum absolute atomic E-state index is 13.0. The number of rotatable bonds is 5. The normalized spacial score (nSPS) is 14.3. The van der Waals surface area contributed by atoms with Crippen LogP contribution in [0.1, 0.15) is 26.3 Å². The summed E-state index contributed by atoms with van der Waals surface area (Å²) in [4.78, 5) is 8.44. The van der Waals surface area contributed by atoms with Crippen molar-refractivity contribution in [1.82, 2.24) is 14.4 Å². The molecule has 0 aliphatic carbocycles. The maximum atomic E-state index is 13.0. The minimum atomic E-state index is -4.51. The predicted octanol–water partition coefficient (Wildman–Crippen LogP) is 4.52. The highest BCUT2D eigenvalue weighted by atomic mass is 32.2. The van der Waals surface area contributed by atoms with Crippen LogP contribution in [0, 0.1) is 16.1 Å². The van der Waals surface area contributed by atoms with E-state index in [0.29, 0.717) is 0 Å². The fourth-order valence-electron chi connectivity index (χ4n) is 2.67. The Bertz CT molecular complexity index is 1260. The van der Waals surface area contributed by atoms with Gasteiger partial charge in [-0.05, 0) is 26.0 Å². The molecule has 0 radical (unpaired) electrons. The lowest BCUT2D eigenvalue weighted by molar-refractivity contribution is -0.137. The molecule has 7 nitrogen and oxygen atoms in total. The molecule has 11 heteroatoms. The molecule has 3 aromatic heterocycles. The summed E-state index contributed by atoms with van der Waals surface area (Å²) in [6.07, 6.45) is -0.541. The van der Waals surface area contributed by atoms with Crippen molar-refractivity contribution in [3.05, 3.63) is 42.4 Å². The highest BCUT2D eigenvalue weighted by Crippen LogP contribution is 2.33. The van der Waals surface area contributed by atoms with E-state index in [0.717, 1.165) is 12.1 Å². The molecular weight excluding hydrogens is 419 g/mol. The molecule has 0 saturated heterocycles. The van der Waals surface area contributed by atoms with Crippen LogP contribution in [-0.4, -0.2) is 29.9 Å². The Hall–Kier alpha value is -3.13. The Morgan fingerprint density at radius 1 is 1.33 bits per heavy atom. The number of aromatic nitrogens is 3. The summed E-state index contributed by atoms with van der Waals surface area (Å²) in [6.45, 7) is 4.66. The molecule has 0 spiro atoms. The molecule has 158 valence electrons. The monoisotopic (exact) mass is 437 g/mol. The molecule has 0 fully saturated rings. The summed E-state index contributed by atoms with van der Waals surface area (Å²) >= 11 is 0. The van der Waals surface area contributed by atoms with Gasteiger partial charge in [-0.2, -0.15) is 18.4 Å². The van der Waals surface area contributed by atoms with Gasteiger partial charge in [0.2, 0.25) is 0 Å². The first-order valence-corrected chi connectivity index (χ1v) is 10.5. The van der Waals surface area contributed by atoms with Crippen molar-refractivity contribution in [3.8, 4) is 23.2 Å². The van der Waals surface area contributed by atoms with Gasteiger partial charge in [0.1, 0.15) is 28.9 Å². The van der Waals surface area contributed by atoms with Crippen molar-refractivity contribution in [2.45, 2.75) is 37.4 Å². The molecule has 3 aromatic rings. The van der Waals surface area contributed by atoms with Crippen molar-refractivity contribution in [3.63, 3.8) is 0 Å². The fourth-order valence-corrected chi connectivity index (χ4v) is 3.76. The van der Waals surface area contributed by atoms with E-state index in [1.807, 2.05) is 6.07 Å². The van der Waals surface area contributed by atoms with Crippen LogP contribution in [0.25, 0.3) is 17.0 Å². The van der Waals surface area contributed by atoms with E-state index in [4.69, 9.17) is 14.8 Å². The molecule has 1 N–H and O–H groups in total. The molecule has 0 bridgehead atoms. The van der Waals surface area contributed by atoms with Gasteiger partial charge in [0, 0.05) is 24.2 Å². The Balaban J connectivity index is 2.16. The number of pyridine rings is 2. The van der Waals surface area contributed by atoms with Crippen molar-refractivity contribution < 1.29 is 22.1 Å². The molecule has 0 unspecified atom stereocenters. The van der Waals surface area contributed by atoms with Crippen LogP contribution in [0.2, 0.25) is 0 Å². The zero-order valence-electron chi connectivity index (χ0n) is 16.3. The minimum Gasteiger partial charge on any atom is -0.471 e. The van der Waals surface area contributed by atoms with E-state index in [-0.39, 0.29) is 33.4 Å². The molecule has 1 atom stereocenters. The van der Waals surface area contributed by atoms with Crippen LogP contribution in [0.15, 0.2) is 41.7 Å². The average molecular weight is 437 g/mol. The Morgan fingerprint density at radius 2 is 2.03 bits per heavy atom. The molecule has 0 aliphatic heterocycles. The number of ether oxygens (including phenoxy) is 1. The Morgan fingerprint density at radius 3 is 2.63 bits per heavy atom. The first-order chi connectivity index (χ1) is 13.9. The number of hydrogen-bond donors (Lipinski definition) is 1. The van der Waals surface area contributed by atoms with Gasteiger partial charge in [0.05, 0.1) is 26.4 Å². The third-order valence-corrected chi connectivity index (χ3v) is 6.10. The van der Waals surface area contributed by atoms with Crippen LogP contribution in [-0.2, 0) is 15.9 Å². The highest BCUT2D eigenvalue weighted by Gasteiger charge is 2.31. The number of nitrogens with zero attached hydrogens (tertiary/aromatic N) is 4. The van der Waals surface area contributed by atoms with E-state index in [2.05, 4.69) is 9.97 Å². The van der Waals surface area contributed by atoms with Gasteiger partial charge >= 0.3 is 6.18 Å². The maximum Gasteiger partial charge on any atom is 0.416 e. The highest BCUT2D eigenvalue weighted by molar-refractivity contribution is 7.92. The number of hydrogen-bond acceptors (Lipinski definition) is 6. The average Bonchev–Trinajstić information content (AvgIpc) is 3.10. The van der Waals surface area contributed by atoms with Gasteiger partial charge in [-0.3, -0.25) is 0 Å². The van der Waals surface area contributed by atoms with Crippen molar-refractivity contribution in [2.24, 2.45) is 0 Å². The third kappa shape index (κ3) is 4.23. The second-order valence-corrected chi connectivity index (χ2v) is 9.38. The topological polar surface area (TPSA) is 104 Å². The zero-order valence-corrected chi connectivity index (χ0v) is 17.1. The summed E-state index contributed by atoms with van der Waals surface area (Å²) in [5.41, 5.74) is -1.71. The smallest absolute Gasteiger partial charge is 0.416 e. The first kappa shape index (κ1) is 21.6. The van der Waals surface area contributed by atoms with Gasteiger partial charge in [-0.15, -0.1) is 0 Å². The van der Waals surface area contributed by atoms with E-state index < -0.39 is 27.1 Å². The molecule has 3 rings (SSSR count). The van der Waals surface area contributed by atoms with E-state index >= 15 is 0 Å². The number of alkyl halides is 3. The number of nitrogens with one attached hydrogen (secondary N) is 1. The Kier molecular flexibility index (Phi) is 5.24. The van der Waals surface area contributed by atoms with E-state index in [9.17, 15) is 17.4 Å². The molecule has 0 aromatic carbocycles. The first-order valence-electron chi connectivity index (χ1n) is 8.79. The van der Waals surface area contributed by atoms with Crippen LogP contribution < -0.4 is 4.74 Å². The van der Waals surface area contributed by atoms with Crippen LogP contribution in [0.4, 0.5) is 13.2 Å². The van der Waals surface area contributed by atoms with E-state index in [1.54, 1.807) is 20.8 Å². The Labute approximate surface area is 171 Å². The van der Waals surface area contributed by atoms with Gasteiger partial charge in [-0.1, -0.05) is 6.92 Å². The molecular formula is C19H18F3N5O2S. The lowest BCUT2D eigenvalue weighted by Gasteiger charge is -2.19.